The summed E-state index contributed by atoms with van der Waals surface area (Å²) in [5.74, 6) is 0.605. The van der Waals surface area contributed by atoms with E-state index in [0.29, 0.717) is 12.5 Å². The van der Waals surface area contributed by atoms with Gasteiger partial charge < -0.3 is 10.2 Å². The maximum Gasteiger partial charge on any atom is 0.223 e. The monoisotopic (exact) mass is 221 g/mol. The lowest BCUT2D eigenvalue weighted by molar-refractivity contribution is -0.126. The van der Waals surface area contributed by atoms with Crippen LogP contribution in [0.1, 0.15) is 33.1 Å². The molecule has 1 saturated carbocycles. The number of nitrogens with one attached hydrogen (secondary N) is 1. The van der Waals surface area contributed by atoms with Crippen molar-refractivity contribution in [3.05, 3.63) is 0 Å². The molecule has 2 atom stereocenters. The number of amides is 1. The molecule has 88 valence electrons. The van der Waals surface area contributed by atoms with Crippen LogP contribution >= 0.6 is 0 Å². The predicted molar refractivity (Wildman–Crippen MR) is 60.2 cm³/mol. The molecule has 0 spiro atoms. The van der Waals surface area contributed by atoms with E-state index in [0.717, 1.165) is 19.4 Å². The van der Waals surface area contributed by atoms with Crippen molar-refractivity contribution < 1.29 is 4.79 Å². The van der Waals surface area contributed by atoms with Gasteiger partial charge >= 0.3 is 0 Å². The number of nitriles is 1. The summed E-state index contributed by atoms with van der Waals surface area (Å²) in [6.07, 6.45) is 5.53. The zero-order valence-corrected chi connectivity index (χ0v) is 9.99. The van der Waals surface area contributed by atoms with Gasteiger partial charge in [0.2, 0.25) is 5.91 Å². The van der Waals surface area contributed by atoms with E-state index in [1.54, 1.807) is 4.90 Å². The van der Waals surface area contributed by atoms with Crippen LogP contribution in [0.2, 0.25) is 0 Å². The third-order valence-electron chi connectivity index (χ3n) is 3.91. The molecular weight excluding hydrogens is 202 g/mol. The van der Waals surface area contributed by atoms with E-state index in [-0.39, 0.29) is 17.4 Å². The molecule has 4 heteroatoms. The number of hydrogen-bond donors (Lipinski definition) is 1. The molecule has 2 fully saturated rings. The second-order valence-corrected chi connectivity index (χ2v) is 5.37. The van der Waals surface area contributed by atoms with Crippen LogP contribution in [0.4, 0.5) is 0 Å². The summed E-state index contributed by atoms with van der Waals surface area (Å²) in [6, 6.07) is 0. The lowest BCUT2D eigenvalue weighted by Crippen LogP contribution is -2.52. The SMILES string of the molecule is CC(C)C(=O)NC12CCCC1CN(C#N)C2. The van der Waals surface area contributed by atoms with E-state index in [2.05, 4.69) is 11.5 Å². The van der Waals surface area contributed by atoms with E-state index < -0.39 is 0 Å². The number of carbonyl (C=O) groups excluding carboxylic acids is 1. The van der Waals surface area contributed by atoms with Crippen molar-refractivity contribution in [3.8, 4) is 6.19 Å². The van der Waals surface area contributed by atoms with Gasteiger partial charge in [0, 0.05) is 18.4 Å². The second kappa shape index (κ2) is 3.97. The Kier molecular flexibility index (Phi) is 2.79. The number of fused-ring (bicyclic) bond motifs is 1. The van der Waals surface area contributed by atoms with Crippen molar-refractivity contribution in [1.29, 1.82) is 5.26 Å². The molecule has 16 heavy (non-hydrogen) atoms. The smallest absolute Gasteiger partial charge is 0.223 e. The fourth-order valence-electron chi connectivity index (χ4n) is 2.96. The predicted octanol–water partition coefficient (Wildman–Crippen LogP) is 1.09. The minimum Gasteiger partial charge on any atom is -0.348 e. The normalized spacial score (nSPS) is 32.6. The number of hydrogen-bond acceptors (Lipinski definition) is 3. The minimum absolute atomic E-state index is 0.0201. The first kappa shape index (κ1) is 11.3. The van der Waals surface area contributed by atoms with Gasteiger partial charge in [0.15, 0.2) is 6.19 Å². The second-order valence-electron chi connectivity index (χ2n) is 5.37. The molecule has 1 heterocycles. The number of rotatable bonds is 2. The first-order valence-electron chi connectivity index (χ1n) is 6.04. The van der Waals surface area contributed by atoms with Gasteiger partial charge in [-0.1, -0.05) is 20.3 Å². The van der Waals surface area contributed by atoms with Crippen molar-refractivity contribution in [3.63, 3.8) is 0 Å². The average molecular weight is 221 g/mol. The first-order chi connectivity index (χ1) is 7.57. The summed E-state index contributed by atoms with van der Waals surface area (Å²) >= 11 is 0. The summed E-state index contributed by atoms with van der Waals surface area (Å²) < 4.78 is 0. The molecular formula is C12H19N3O. The molecule has 4 nitrogen and oxygen atoms in total. The van der Waals surface area contributed by atoms with Crippen LogP contribution in [0.5, 0.6) is 0 Å². The molecule has 1 aliphatic carbocycles. The lowest BCUT2D eigenvalue weighted by Gasteiger charge is -2.30. The Balaban J connectivity index is 2.10. The van der Waals surface area contributed by atoms with Gasteiger partial charge in [0.05, 0.1) is 12.1 Å². The first-order valence-corrected chi connectivity index (χ1v) is 6.04. The van der Waals surface area contributed by atoms with Gasteiger partial charge in [0.25, 0.3) is 0 Å². The van der Waals surface area contributed by atoms with E-state index in [1.807, 2.05) is 13.8 Å². The summed E-state index contributed by atoms with van der Waals surface area (Å²) in [6.45, 7) is 5.33. The standard InChI is InChI=1S/C12H19N3O/c1-9(2)11(16)14-12-5-3-4-10(12)6-15(7-12)8-13/h9-10H,3-7H2,1-2H3,(H,14,16). The Morgan fingerprint density at radius 1 is 1.62 bits per heavy atom. The summed E-state index contributed by atoms with van der Waals surface area (Å²) in [4.78, 5) is 13.6. The third kappa shape index (κ3) is 1.75. The Morgan fingerprint density at radius 2 is 2.38 bits per heavy atom. The highest BCUT2D eigenvalue weighted by molar-refractivity contribution is 5.79. The van der Waals surface area contributed by atoms with Crippen molar-refractivity contribution >= 4 is 5.91 Å². The van der Waals surface area contributed by atoms with Crippen LogP contribution in [0.15, 0.2) is 0 Å². The van der Waals surface area contributed by atoms with Crippen LogP contribution in [-0.2, 0) is 4.79 Å². The van der Waals surface area contributed by atoms with Gasteiger partial charge in [0.1, 0.15) is 0 Å². The molecule has 0 aromatic rings. The largest absolute Gasteiger partial charge is 0.348 e. The van der Waals surface area contributed by atoms with E-state index in [1.165, 1.54) is 6.42 Å². The molecule has 2 rings (SSSR count). The number of likely N-dealkylation sites (tertiary alicyclic amines) is 1. The molecule has 2 unspecified atom stereocenters. The minimum atomic E-state index is -0.114. The number of nitrogens with zero attached hydrogens (tertiary/aromatic N) is 2. The topological polar surface area (TPSA) is 56.1 Å². The van der Waals surface area contributed by atoms with Gasteiger partial charge in [-0.15, -0.1) is 0 Å². The van der Waals surface area contributed by atoms with E-state index in [9.17, 15) is 4.79 Å². The summed E-state index contributed by atoms with van der Waals surface area (Å²) in [5.41, 5.74) is -0.114. The fourth-order valence-corrected chi connectivity index (χ4v) is 2.96. The Labute approximate surface area is 96.6 Å². The molecule has 1 amide bonds. The zero-order valence-electron chi connectivity index (χ0n) is 9.99. The van der Waals surface area contributed by atoms with Crippen LogP contribution in [0, 0.1) is 23.3 Å². The molecule has 0 aromatic heterocycles. The van der Waals surface area contributed by atoms with Gasteiger partial charge in [-0.25, -0.2) is 0 Å². The van der Waals surface area contributed by atoms with Crippen LogP contribution < -0.4 is 5.32 Å². The maximum atomic E-state index is 11.8. The van der Waals surface area contributed by atoms with Crippen LogP contribution in [0.25, 0.3) is 0 Å². The molecule has 2 aliphatic rings. The maximum absolute atomic E-state index is 11.8. The Bertz CT molecular complexity index is 334. The summed E-state index contributed by atoms with van der Waals surface area (Å²) in [7, 11) is 0. The van der Waals surface area contributed by atoms with E-state index >= 15 is 0 Å². The van der Waals surface area contributed by atoms with Crippen molar-refractivity contribution in [2.24, 2.45) is 11.8 Å². The van der Waals surface area contributed by atoms with Crippen molar-refractivity contribution in [1.82, 2.24) is 10.2 Å². The Hall–Kier alpha value is -1.24. The lowest BCUT2D eigenvalue weighted by atomic mass is 9.90. The van der Waals surface area contributed by atoms with Crippen molar-refractivity contribution in [2.45, 2.75) is 38.6 Å². The van der Waals surface area contributed by atoms with Crippen LogP contribution in [-0.4, -0.2) is 29.4 Å². The highest BCUT2D eigenvalue weighted by Crippen LogP contribution is 2.41. The number of carbonyl (C=O) groups is 1. The molecule has 1 aliphatic heterocycles. The molecule has 0 aromatic carbocycles. The quantitative estimate of drug-likeness (QED) is 0.710. The van der Waals surface area contributed by atoms with Gasteiger partial charge in [-0.3, -0.25) is 4.79 Å². The molecule has 1 saturated heterocycles. The summed E-state index contributed by atoms with van der Waals surface area (Å²) in [5, 5.41) is 12.1. The highest BCUT2D eigenvalue weighted by Gasteiger charge is 2.50. The zero-order chi connectivity index (χ0) is 11.8. The van der Waals surface area contributed by atoms with Gasteiger partial charge in [-0.2, -0.15) is 5.26 Å². The van der Waals surface area contributed by atoms with Crippen LogP contribution in [0.3, 0.4) is 0 Å². The Morgan fingerprint density at radius 3 is 3.00 bits per heavy atom. The highest BCUT2D eigenvalue weighted by atomic mass is 16.2. The average Bonchev–Trinajstić information content (AvgIpc) is 2.73. The molecule has 0 bridgehead atoms. The molecule has 0 radical (unpaired) electrons. The van der Waals surface area contributed by atoms with E-state index in [4.69, 9.17) is 5.26 Å². The van der Waals surface area contributed by atoms with Crippen molar-refractivity contribution in [2.75, 3.05) is 13.1 Å². The molecule has 1 N–H and O–H groups in total. The fraction of sp³-hybridized carbons (Fsp3) is 0.833. The third-order valence-corrected chi connectivity index (χ3v) is 3.91. The van der Waals surface area contributed by atoms with Gasteiger partial charge in [-0.05, 0) is 12.8 Å².